The Morgan fingerprint density at radius 1 is 1.10 bits per heavy atom. The summed E-state index contributed by atoms with van der Waals surface area (Å²) in [5.41, 5.74) is 3.31. The summed E-state index contributed by atoms with van der Waals surface area (Å²) < 4.78 is 10.4. The number of rotatable bonds is 3. The van der Waals surface area contributed by atoms with Gasteiger partial charge in [0.25, 0.3) is 0 Å². The lowest BCUT2D eigenvalue weighted by Gasteiger charge is -2.02. The zero-order chi connectivity index (χ0) is 13.9. The monoisotopic (exact) mass is 266 g/mol. The number of hydrogen-bond acceptors (Lipinski definition) is 3. The van der Waals surface area contributed by atoms with Crippen LogP contribution in [0.1, 0.15) is 17.3 Å². The molecule has 0 aliphatic carbocycles. The van der Waals surface area contributed by atoms with E-state index in [1.165, 1.54) is 6.26 Å². The quantitative estimate of drug-likeness (QED) is 0.664. The highest BCUT2D eigenvalue weighted by Gasteiger charge is 2.15. The van der Waals surface area contributed by atoms with Crippen molar-refractivity contribution in [1.29, 1.82) is 0 Å². The number of benzene rings is 2. The van der Waals surface area contributed by atoms with Gasteiger partial charge in [0.1, 0.15) is 17.4 Å². The second kappa shape index (κ2) is 5.21. The van der Waals surface area contributed by atoms with Crippen molar-refractivity contribution in [3.63, 3.8) is 0 Å². The van der Waals surface area contributed by atoms with Crippen LogP contribution >= 0.6 is 0 Å². The number of furan rings is 1. The van der Waals surface area contributed by atoms with Crippen molar-refractivity contribution in [3.05, 3.63) is 60.4 Å². The Balaban J connectivity index is 2.10. The fourth-order valence-corrected chi connectivity index (χ4v) is 2.21. The van der Waals surface area contributed by atoms with Gasteiger partial charge >= 0.3 is 5.97 Å². The first kappa shape index (κ1) is 12.5. The third-order valence-electron chi connectivity index (χ3n) is 3.18. The summed E-state index contributed by atoms with van der Waals surface area (Å²) in [6.07, 6.45) is 1.46. The first-order valence-corrected chi connectivity index (χ1v) is 6.53. The van der Waals surface area contributed by atoms with Crippen LogP contribution in [0.25, 0.3) is 22.1 Å². The van der Waals surface area contributed by atoms with Crippen molar-refractivity contribution in [1.82, 2.24) is 0 Å². The molecule has 0 unspecified atom stereocenters. The molecule has 3 rings (SSSR count). The molecule has 0 aliphatic rings. The van der Waals surface area contributed by atoms with Crippen LogP contribution in [0.5, 0.6) is 0 Å². The number of hydrogen-bond donors (Lipinski definition) is 0. The largest absolute Gasteiger partial charge is 0.463 e. The Morgan fingerprint density at radius 2 is 1.90 bits per heavy atom. The molecule has 20 heavy (non-hydrogen) atoms. The highest BCUT2D eigenvalue weighted by Crippen LogP contribution is 2.28. The summed E-state index contributed by atoms with van der Waals surface area (Å²) in [6.45, 7) is 2.14. The summed E-state index contributed by atoms with van der Waals surface area (Å²) in [5.74, 6) is -0.350. The van der Waals surface area contributed by atoms with Crippen LogP contribution in [0, 0.1) is 0 Å². The normalized spacial score (nSPS) is 10.7. The molecular formula is C17H14O3. The van der Waals surface area contributed by atoms with Crippen LogP contribution in [0.15, 0.2) is 59.2 Å². The number of esters is 1. The fraction of sp³-hybridized carbons (Fsp3) is 0.118. The Morgan fingerprint density at radius 3 is 2.65 bits per heavy atom. The Labute approximate surface area is 116 Å². The highest BCUT2D eigenvalue weighted by molar-refractivity contribution is 6.04. The molecule has 3 nitrogen and oxygen atoms in total. The minimum Gasteiger partial charge on any atom is -0.463 e. The molecule has 0 atom stereocenters. The topological polar surface area (TPSA) is 39.4 Å². The van der Waals surface area contributed by atoms with Crippen molar-refractivity contribution >= 4 is 16.9 Å². The molecule has 3 heteroatoms. The molecule has 0 N–H and O–H groups in total. The molecule has 0 spiro atoms. The van der Waals surface area contributed by atoms with Crippen molar-refractivity contribution in [3.8, 4) is 11.1 Å². The number of fused-ring (bicyclic) bond motifs is 1. The molecule has 0 saturated carbocycles. The maximum atomic E-state index is 11.9. The van der Waals surface area contributed by atoms with E-state index in [-0.39, 0.29) is 5.97 Å². The van der Waals surface area contributed by atoms with E-state index in [9.17, 15) is 4.79 Å². The van der Waals surface area contributed by atoms with Gasteiger partial charge in [0, 0.05) is 5.39 Å². The van der Waals surface area contributed by atoms with Gasteiger partial charge in [-0.05, 0) is 30.2 Å². The molecule has 0 bridgehead atoms. The molecule has 0 saturated heterocycles. The van der Waals surface area contributed by atoms with E-state index < -0.39 is 0 Å². The van der Waals surface area contributed by atoms with Crippen molar-refractivity contribution in [2.24, 2.45) is 0 Å². The number of carbonyl (C=O) groups is 1. The summed E-state index contributed by atoms with van der Waals surface area (Å²) >= 11 is 0. The molecule has 2 aromatic carbocycles. The standard InChI is InChI=1S/C17H14O3/c1-2-19-17(18)15-11-20-16-9-8-13(10-14(15)16)12-6-4-3-5-7-12/h3-11H,2H2,1H3. The van der Waals surface area contributed by atoms with E-state index in [1.54, 1.807) is 6.92 Å². The minimum atomic E-state index is -0.350. The van der Waals surface area contributed by atoms with Crippen LogP contribution in [-0.2, 0) is 4.74 Å². The second-order valence-corrected chi connectivity index (χ2v) is 4.45. The number of carbonyl (C=O) groups excluding carboxylic acids is 1. The first-order chi connectivity index (χ1) is 9.79. The summed E-state index contributed by atoms with van der Waals surface area (Å²) in [7, 11) is 0. The van der Waals surface area contributed by atoms with Gasteiger partial charge in [0.05, 0.1) is 6.61 Å². The fourth-order valence-electron chi connectivity index (χ4n) is 2.21. The van der Waals surface area contributed by atoms with E-state index in [1.807, 2.05) is 48.5 Å². The maximum Gasteiger partial charge on any atom is 0.342 e. The Hall–Kier alpha value is -2.55. The molecular weight excluding hydrogens is 252 g/mol. The van der Waals surface area contributed by atoms with Crippen molar-refractivity contribution < 1.29 is 13.9 Å². The molecule has 0 radical (unpaired) electrons. The van der Waals surface area contributed by atoms with E-state index in [4.69, 9.17) is 9.15 Å². The van der Waals surface area contributed by atoms with Gasteiger partial charge in [-0.2, -0.15) is 0 Å². The molecule has 0 aliphatic heterocycles. The molecule has 1 heterocycles. The molecule has 100 valence electrons. The maximum absolute atomic E-state index is 11.9. The van der Waals surface area contributed by atoms with Crippen molar-refractivity contribution in [2.45, 2.75) is 6.92 Å². The van der Waals surface area contributed by atoms with Crippen LogP contribution in [0.3, 0.4) is 0 Å². The lowest BCUT2D eigenvalue weighted by molar-refractivity contribution is 0.0527. The Bertz CT molecular complexity index is 741. The average molecular weight is 266 g/mol. The average Bonchev–Trinajstić information content (AvgIpc) is 2.91. The summed E-state index contributed by atoms with van der Waals surface area (Å²) in [6, 6.07) is 15.8. The van der Waals surface area contributed by atoms with Gasteiger partial charge in [-0.1, -0.05) is 36.4 Å². The molecule has 3 aromatic rings. The third-order valence-corrected chi connectivity index (χ3v) is 3.18. The summed E-state index contributed by atoms with van der Waals surface area (Å²) in [4.78, 5) is 11.9. The highest BCUT2D eigenvalue weighted by atomic mass is 16.5. The lowest BCUT2D eigenvalue weighted by Crippen LogP contribution is -2.03. The minimum absolute atomic E-state index is 0.350. The lowest BCUT2D eigenvalue weighted by atomic mass is 10.0. The predicted octanol–water partition coefficient (Wildman–Crippen LogP) is 4.28. The van der Waals surface area contributed by atoms with Crippen LogP contribution < -0.4 is 0 Å². The van der Waals surface area contributed by atoms with E-state index in [0.29, 0.717) is 17.8 Å². The van der Waals surface area contributed by atoms with Gasteiger partial charge in [-0.3, -0.25) is 0 Å². The second-order valence-electron chi connectivity index (χ2n) is 4.45. The zero-order valence-electron chi connectivity index (χ0n) is 11.1. The molecule has 0 fully saturated rings. The SMILES string of the molecule is CCOC(=O)c1coc2ccc(-c3ccccc3)cc12. The van der Waals surface area contributed by atoms with Gasteiger partial charge in [0.2, 0.25) is 0 Å². The smallest absolute Gasteiger partial charge is 0.342 e. The van der Waals surface area contributed by atoms with Gasteiger partial charge in [0.15, 0.2) is 0 Å². The number of ether oxygens (including phenoxy) is 1. The van der Waals surface area contributed by atoms with Gasteiger partial charge in [-0.25, -0.2) is 4.79 Å². The van der Waals surface area contributed by atoms with E-state index in [2.05, 4.69) is 0 Å². The van der Waals surface area contributed by atoms with E-state index in [0.717, 1.165) is 16.5 Å². The third kappa shape index (κ3) is 2.18. The van der Waals surface area contributed by atoms with Gasteiger partial charge in [-0.15, -0.1) is 0 Å². The molecule has 1 aromatic heterocycles. The summed E-state index contributed by atoms with van der Waals surface area (Å²) in [5, 5.41) is 0.782. The van der Waals surface area contributed by atoms with E-state index >= 15 is 0 Å². The van der Waals surface area contributed by atoms with Crippen LogP contribution in [-0.4, -0.2) is 12.6 Å². The first-order valence-electron chi connectivity index (χ1n) is 6.53. The van der Waals surface area contributed by atoms with Crippen LogP contribution in [0.4, 0.5) is 0 Å². The molecule has 0 amide bonds. The van der Waals surface area contributed by atoms with Crippen molar-refractivity contribution in [2.75, 3.05) is 6.61 Å². The van der Waals surface area contributed by atoms with Crippen LogP contribution in [0.2, 0.25) is 0 Å². The van der Waals surface area contributed by atoms with Gasteiger partial charge < -0.3 is 9.15 Å². The predicted molar refractivity (Wildman–Crippen MR) is 77.6 cm³/mol. The Kier molecular flexibility index (Phi) is 3.25. The zero-order valence-corrected chi connectivity index (χ0v) is 11.1.